The SMILES string of the molecule is N=Cc1ncc(C2CCC2)nc1NCC(=O)Nc1ccn2ncnc2c1. The number of aromatic nitrogens is 5. The Labute approximate surface area is 149 Å². The van der Waals surface area contributed by atoms with Crippen LogP contribution < -0.4 is 10.6 Å². The molecule has 0 atom stereocenters. The van der Waals surface area contributed by atoms with Crippen LogP contribution in [-0.2, 0) is 4.79 Å². The van der Waals surface area contributed by atoms with Crippen molar-refractivity contribution in [2.75, 3.05) is 17.2 Å². The third kappa shape index (κ3) is 3.23. The normalized spacial score (nSPS) is 14.0. The summed E-state index contributed by atoms with van der Waals surface area (Å²) in [5.74, 6) is 0.680. The fourth-order valence-electron chi connectivity index (χ4n) is 2.81. The lowest BCUT2D eigenvalue weighted by Crippen LogP contribution is -2.23. The molecule has 3 N–H and O–H groups in total. The highest BCUT2D eigenvalue weighted by molar-refractivity contribution is 5.94. The molecular weight excluding hydrogens is 332 g/mol. The van der Waals surface area contributed by atoms with Crippen molar-refractivity contribution in [1.82, 2.24) is 24.6 Å². The van der Waals surface area contributed by atoms with Crippen molar-refractivity contribution in [1.29, 1.82) is 5.41 Å². The van der Waals surface area contributed by atoms with Crippen molar-refractivity contribution >= 4 is 29.3 Å². The number of rotatable bonds is 6. The number of carbonyl (C=O) groups excluding carboxylic acids is 1. The lowest BCUT2D eigenvalue weighted by Gasteiger charge is -2.25. The first-order valence-electron chi connectivity index (χ1n) is 8.43. The standard InChI is InChI=1S/C17H18N8O/c18-7-13-17(24-14(8-19-13)11-2-1-3-11)20-9-16(26)23-12-4-5-25-15(6-12)21-10-22-25/h4-8,10-11,18H,1-3,9H2,(H,20,24)(H,23,26). The van der Waals surface area contributed by atoms with E-state index in [2.05, 4.69) is 30.7 Å². The van der Waals surface area contributed by atoms with Gasteiger partial charge >= 0.3 is 0 Å². The van der Waals surface area contributed by atoms with E-state index >= 15 is 0 Å². The predicted octanol–water partition coefficient (Wildman–Crippen LogP) is 1.84. The first-order valence-corrected chi connectivity index (χ1v) is 8.43. The molecule has 0 bridgehead atoms. The number of hydrogen-bond acceptors (Lipinski definition) is 7. The van der Waals surface area contributed by atoms with E-state index in [0.717, 1.165) is 24.8 Å². The summed E-state index contributed by atoms with van der Waals surface area (Å²) in [7, 11) is 0. The fourth-order valence-corrected chi connectivity index (χ4v) is 2.81. The molecule has 1 aliphatic carbocycles. The van der Waals surface area contributed by atoms with Crippen LogP contribution in [0.2, 0.25) is 0 Å². The zero-order valence-electron chi connectivity index (χ0n) is 14.0. The minimum absolute atomic E-state index is 0.0293. The van der Waals surface area contributed by atoms with E-state index in [-0.39, 0.29) is 12.5 Å². The zero-order valence-corrected chi connectivity index (χ0v) is 14.0. The molecule has 1 fully saturated rings. The summed E-state index contributed by atoms with van der Waals surface area (Å²) >= 11 is 0. The van der Waals surface area contributed by atoms with Gasteiger partial charge in [-0.25, -0.2) is 19.5 Å². The van der Waals surface area contributed by atoms with Gasteiger partial charge in [-0.2, -0.15) is 5.10 Å². The number of pyridine rings is 1. The van der Waals surface area contributed by atoms with Crippen LogP contribution in [0, 0.1) is 5.41 Å². The highest BCUT2D eigenvalue weighted by Crippen LogP contribution is 2.35. The van der Waals surface area contributed by atoms with Gasteiger partial charge in [0, 0.05) is 36.3 Å². The van der Waals surface area contributed by atoms with E-state index in [9.17, 15) is 4.79 Å². The average Bonchev–Trinajstić information content (AvgIpc) is 3.06. The third-order valence-corrected chi connectivity index (χ3v) is 4.46. The minimum Gasteiger partial charge on any atom is -0.359 e. The molecule has 3 heterocycles. The highest BCUT2D eigenvalue weighted by atomic mass is 16.1. The molecule has 0 unspecified atom stereocenters. The Bertz CT molecular complexity index is 962. The van der Waals surface area contributed by atoms with Crippen molar-refractivity contribution in [2.24, 2.45) is 0 Å². The average molecular weight is 350 g/mol. The maximum Gasteiger partial charge on any atom is 0.243 e. The molecular formula is C17H18N8O. The first kappa shape index (κ1) is 16.1. The number of nitrogens with one attached hydrogen (secondary N) is 3. The molecule has 4 rings (SSSR count). The largest absolute Gasteiger partial charge is 0.359 e. The monoisotopic (exact) mass is 350 g/mol. The van der Waals surface area contributed by atoms with Gasteiger partial charge in [0.15, 0.2) is 11.5 Å². The van der Waals surface area contributed by atoms with E-state index in [0.29, 0.717) is 28.8 Å². The van der Waals surface area contributed by atoms with Crippen LogP contribution in [0.5, 0.6) is 0 Å². The predicted molar refractivity (Wildman–Crippen MR) is 96.6 cm³/mol. The molecule has 0 aromatic carbocycles. The van der Waals surface area contributed by atoms with E-state index in [4.69, 9.17) is 5.41 Å². The van der Waals surface area contributed by atoms with Crippen LogP contribution in [-0.4, -0.2) is 43.2 Å². The van der Waals surface area contributed by atoms with E-state index < -0.39 is 0 Å². The molecule has 9 heteroatoms. The Balaban J connectivity index is 1.42. The van der Waals surface area contributed by atoms with Crippen molar-refractivity contribution in [2.45, 2.75) is 25.2 Å². The topological polar surface area (TPSA) is 121 Å². The quantitative estimate of drug-likeness (QED) is 0.583. The van der Waals surface area contributed by atoms with Crippen LogP contribution in [0.25, 0.3) is 5.65 Å². The van der Waals surface area contributed by atoms with Crippen molar-refractivity contribution in [3.05, 3.63) is 42.2 Å². The van der Waals surface area contributed by atoms with Crippen LogP contribution >= 0.6 is 0 Å². The summed E-state index contributed by atoms with van der Waals surface area (Å²) in [6.07, 6.45) is 9.48. The van der Waals surface area contributed by atoms with Crippen LogP contribution in [0.1, 0.15) is 36.6 Å². The molecule has 0 spiro atoms. The second-order valence-electron chi connectivity index (χ2n) is 6.18. The molecule has 132 valence electrons. The van der Waals surface area contributed by atoms with Gasteiger partial charge in [-0.15, -0.1) is 0 Å². The van der Waals surface area contributed by atoms with E-state index in [1.807, 2.05) is 0 Å². The summed E-state index contributed by atoms with van der Waals surface area (Å²) in [6, 6.07) is 3.49. The Morgan fingerprint density at radius 1 is 1.38 bits per heavy atom. The molecule has 1 amide bonds. The van der Waals surface area contributed by atoms with Crippen LogP contribution in [0.3, 0.4) is 0 Å². The Morgan fingerprint density at radius 3 is 3.04 bits per heavy atom. The molecule has 0 radical (unpaired) electrons. The zero-order chi connectivity index (χ0) is 17.9. The minimum atomic E-state index is -0.222. The van der Waals surface area contributed by atoms with E-state index in [1.54, 1.807) is 29.0 Å². The van der Waals surface area contributed by atoms with Gasteiger partial charge in [-0.1, -0.05) is 6.42 Å². The summed E-state index contributed by atoms with van der Waals surface area (Å²) in [5.41, 5.74) is 2.63. The van der Waals surface area contributed by atoms with Crippen LogP contribution in [0.15, 0.2) is 30.9 Å². The molecule has 26 heavy (non-hydrogen) atoms. The van der Waals surface area contributed by atoms with Crippen molar-refractivity contribution in [3.63, 3.8) is 0 Å². The smallest absolute Gasteiger partial charge is 0.243 e. The van der Waals surface area contributed by atoms with Gasteiger partial charge < -0.3 is 16.0 Å². The second-order valence-corrected chi connectivity index (χ2v) is 6.18. The maximum absolute atomic E-state index is 12.2. The Hall–Kier alpha value is -3.36. The molecule has 1 saturated carbocycles. The van der Waals surface area contributed by atoms with Crippen molar-refractivity contribution < 1.29 is 4.79 Å². The lowest BCUT2D eigenvalue weighted by molar-refractivity contribution is -0.114. The first-order chi connectivity index (χ1) is 12.7. The van der Waals surface area contributed by atoms with Crippen molar-refractivity contribution in [3.8, 4) is 0 Å². The number of nitrogens with zero attached hydrogens (tertiary/aromatic N) is 5. The molecule has 1 aliphatic rings. The van der Waals surface area contributed by atoms with Crippen LogP contribution in [0.4, 0.5) is 11.5 Å². The number of anilines is 2. The summed E-state index contributed by atoms with van der Waals surface area (Å²) < 4.78 is 1.62. The number of amides is 1. The number of carbonyl (C=O) groups is 1. The number of fused-ring (bicyclic) bond motifs is 1. The molecule has 3 aromatic rings. The third-order valence-electron chi connectivity index (χ3n) is 4.46. The molecule has 9 nitrogen and oxygen atoms in total. The lowest BCUT2D eigenvalue weighted by atomic mass is 9.83. The van der Waals surface area contributed by atoms with Gasteiger partial charge in [0.05, 0.1) is 12.2 Å². The highest BCUT2D eigenvalue weighted by Gasteiger charge is 2.22. The summed E-state index contributed by atoms with van der Waals surface area (Å²) in [6.45, 7) is 0.0293. The Kier molecular flexibility index (Phi) is 4.26. The molecule has 0 aliphatic heterocycles. The van der Waals surface area contributed by atoms with Gasteiger partial charge in [0.25, 0.3) is 0 Å². The summed E-state index contributed by atoms with van der Waals surface area (Å²) in [4.78, 5) is 25.1. The molecule has 3 aromatic heterocycles. The van der Waals surface area contributed by atoms with Gasteiger partial charge in [0.2, 0.25) is 5.91 Å². The maximum atomic E-state index is 12.2. The number of hydrogen-bond donors (Lipinski definition) is 3. The Morgan fingerprint density at radius 2 is 2.27 bits per heavy atom. The van der Waals surface area contributed by atoms with Gasteiger partial charge in [0.1, 0.15) is 12.0 Å². The summed E-state index contributed by atoms with van der Waals surface area (Å²) in [5, 5.41) is 17.3. The molecule has 0 saturated heterocycles. The fraction of sp³-hybridized carbons (Fsp3) is 0.294. The second kappa shape index (κ2) is 6.87. The van der Waals surface area contributed by atoms with Gasteiger partial charge in [-0.05, 0) is 18.9 Å². The van der Waals surface area contributed by atoms with Gasteiger partial charge in [-0.3, -0.25) is 4.79 Å². The van der Waals surface area contributed by atoms with E-state index in [1.165, 1.54) is 12.7 Å².